The number of rotatable bonds is 12. The number of aromatic nitrogens is 7. The molecule has 0 amide bonds. The lowest BCUT2D eigenvalue weighted by Crippen LogP contribution is -2.39. The summed E-state index contributed by atoms with van der Waals surface area (Å²) in [5.74, 6) is -0.454. The highest BCUT2D eigenvalue weighted by Gasteiger charge is 2.51. The summed E-state index contributed by atoms with van der Waals surface area (Å²) in [7, 11) is -4.97. The van der Waals surface area contributed by atoms with Crippen molar-refractivity contribution >= 4 is 30.9 Å². The zero-order valence-electron chi connectivity index (χ0n) is 23.4. The van der Waals surface area contributed by atoms with E-state index < -0.39 is 81.4 Å². The van der Waals surface area contributed by atoms with Crippen molar-refractivity contribution in [3.63, 3.8) is 0 Å². The molecule has 8 N–H and O–H groups in total. The Balaban J connectivity index is 1.33. The van der Waals surface area contributed by atoms with Crippen LogP contribution in [0.2, 0.25) is 0 Å². The highest BCUT2D eigenvalue weighted by atomic mass is 31.2. The fourth-order valence-corrected chi connectivity index (χ4v) is 6.00. The molecule has 0 aliphatic carbocycles. The first-order valence-electron chi connectivity index (χ1n) is 13.4. The van der Waals surface area contributed by atoms with E-state index in [2.05, 4.69) is 24.9 Å². The number of aliphatic hydroxyl groups is 2. The van der Waals surface area contributed by atoms with Gasteiger partial charge in [-0.15, -0.1) is 0 Å². The van der Waals surface area contributed by atoms with E-state index in [0.29, 0.717) is 0 Å². The summed E-state index contributed by atoms with van der Waals surface area (Å²) in [6.07, 6.45) is -7.49. The Labute approximate surface area is 247 Å². The Kier molecular flexibility index (Phi) is 9.41. The van der Waals surface area contributed by atoms with Crippen molar-refractivity contribution in [3.8, 4) is 0 Å². The van der Waals surface area contributed by atoms with Crippen molar-refractivity contribution in [2.75, 3.05) is 37.9 Å². The Morgan fingerprint density at radius 2 is 1.66 bits per heavy atom. The zero-order valence-corrected chi connectivity index (χ0v) is 24.3. The van der Waals surface area contributed by atoms with Gasteiger partial charge in [-0.2, -0.15) is 9.97 Å². The van der Waals surface area contributed by atoms with Gasteiger partial charge in [-0.25, -0.2) is 19.3 Å². The fourth-order valence-electron chi connectivity index (χ4n) is 5.04. The lowest BCUT2D eigenvalue weighted by molar-refractivity contribution is -0.0745. The lowest BCUT2D eigenvalue weighted by atomic mass is 10.1. The van der Waals surface area contributed by atoms with Gasteiger partial charge < -0.3 is 45.5 Å². The number of fused-ring (bicyclic) bond motifs is 1. The number of hydrogen-bond acceptors (Lipinski definition) is 17. The molecule has 0 saturated carbocycles. The van der Waals surface area contributed by atoms with Gasteiger partial charge in [0, 0.05) is 13.2 Å². The first-order chi connectivity index (χ1) is 21.0. The van der Waals surface area contributed by atoms with Crippen molar-refractivity contribution in [2.45, 2.75) is 62.9 Å². The Morgan fingerprint density at radius 1 is 1.00 bits per heavy atom. The van der Waals surface area contributed by atoms with Crippen LogP contribution in [-0.4, -0.2) is 112 Å². The first kappa shape index (κ1) is 32.0. The number of phosphoric ester groups is 1. The number of hydrogen-bond donors (Lipinski definition) is 6. The van der Waals surface area contributed by atoms with Gasteiger partial charge in [0.2, 0.25) is 11.9 Å². The minimum atomic E-state index is -4.97. The number of nitrogens with two attached hydrogens (primary N) is 2. The normalized spacial score (nSPS) is 30.2. The molecule has 1 unspecified atom stereocenters. The van der Waals surface area contributed by atoms with Gasteiger partial charge in [-0.3, -0.25) is 28.0 Å². The summed E-state index contributed by atoms with van der Waals surface area (Å²) in [5.41, 5.74) is 9.70. The van der Waals surface area contributed by atoms with Gasteiger partial charge in [-0.05, 0) is 13.8 Å². The van der Waals surface area contributed by atoms with Crippen molar-refractivity contribution in [3.05, 3.63) is 33.5 Å². The molecule has 44 heavy (non-hydrogen) atoms. The fraction of sp³-hybridized carbons (Fsp3) is 0.636. The molecule has 22 heteroatoms. The maximum atomic E-state index is 13.2. The maximum Gasteiger partial charge on any atom is 0.472 e. The van der Waals surface area contributed by atoms with Crippen molar-refractivity contribution in [1.82, 2.24) is 34.1 Å². The lowest BCUT2D eigenvalue weighted by Gasteiger charge is -2.26. The van der Waals surface area contributed by atoms with Crippen LogP contribution in [0.3, 0.4) is 0 Å². The molecule has 5 heterocycles. The quantitative estimate of drug-likeness (QED) is 0.110. The maximum absolute atomic E-state index is 13.2. The van der Waals surface area contributed by atoms with E-state index in [1.54, 1.807) is 13.8 Å². The molecular formula is C22H32N9O12P. The van der Waals surface area contributed by atoms with Crippen LogP contribution >= 0.6 is 7.82 Å². The van der Waals surface area contributed by atoms with Gasteiger partial charge in [0.1, 0.15) is 43.0 Å². The second kappa shape index (κ2) is 12.9. The number of H-pyrrole nitrogens is 1. The van der Waals surface area contributed by atoms with Crippen LogP contribution in [-0.2, 0) is 32.6 Å². The van der Waals surface area contributed by atoms with Gasteiger partial charge in [0.25, 0.3) is 5.56 Å². The van der Waals surface area contributed by atoms with E-state index in [0.717, 1.165) is 10.9 Å². The SMILES string of the molecule is CCO[C@H]1[C@@H](O)[C@@H](COP(=O)(O)O[C@@H]2[C@H](OCC)[C@H](n3cnc4c(=O)[nH]c(N)nc43)O[C@@H]2CO)O[C@H]1n1cnc(N)nc1=O. The average Bonchev–Trinajstić information content (AvgIpc) is 3.62. The molecule has 0 spiro atoms. The van der Waals surface area contributed by atoms with Gasteiger partial charge >= 0.3 is 13.5 Å². The number of aromatic amines is 1. The number of nitrogens with one attached hydrogen (secondary N) is 1. The third-order valence-corrected chi connectivity index (χ3v) is 7.88. The molecule has 0 radical (unpaired) electrons. The van der Waals surface area contributed by atoms with E-state index in [9.17, 15) is 29.3 Å². The Morgan fingerprint density at radius 3 is 2.34 bits per heavy atom. The minimum absolute atomic E-state index is 0.0399. The molecule has 0 aromatic carbocycles. The molecular weight excluding hydrogens is 613 g/mol. The topological polar surface area (TPSA) is 297 Å². The molecule has 21 nitrogen and oxygen atoms in total. The average molecular weight is 646 g/mol. The number of imidazole rings is 1. The summed E-state index contributed by atoms with van der Waals surface area (Å²) >= 11 is 0. The van der Waals surface area contributed by atoms with Crippen molar-refractivity contribution < 1.29 is 47.7 Å². The highest BCUT2D eigenvalue weighted by molar-refractivity contribution is 7.47. The largest absolute Gasteiger partial charge is 0.472 e. The van der Waals surface area contributed by atoms with Crippen LogP contribution in [0.4, 0.5) is 11.9 Å². The number of nitrogen functional groups attached to an aromatic ring is 2. The van der Waals surface area contributed by atoms with Crippen molar-refractivity contribution in [2.24, 2.45) is 0 Å². The second-order valence-electron chi connectivity index (χ2n) is 9.66. The monoisotopic (exact) mass is 645 g/mol. The number of anilines is 2. The van der Waals surface area contributed by atoms with Crippen LogP contribution in [0.5, 0.6) is 0 Å². The van der Waals surface area contributed by atoms with E-state index in [1.165, 1.54) is 10.9 Å². The molecule has 0 bridgehead atoms. The smallest absolute Gasteiger partial charge is 0.394 e. The van der Waals surface area contributed by atoms with Gasteiger partial charge in [0.05, 0.1) is 19.5 Å². The van der Waals surface area contributed by atoms with E-state index >= 15 is 0 Å². The van der Waals surface area contributed by atoms with Crippen LogP contribution < -0.4 is 22.7 Å². The molecule has 2 fully saturated rings. The summed E-state index contributed by atoms with van der Waals surface area (Å²) in [6, 6.07) is 0. The summed E-state index contributed by atoms with van der Waals surface area (Å²) < 4.78 is 49.0. The predicted octanol–water partition coefficient (Wildman–Crippen LogP) is -2.60. The molecule has 242 valence electrons. The molecule has 3 aromatic rings. The second-order valence-corrected chi connectivity index (χ2v) is 11.1. The van der Waals surface area contributed by atoms with Crippen LogP contribution in [0.25, 0.3) is 11.2 Å². The van der Waals surface area contributed by atoms with Crippen molar-refractivity contribution in [1.29, 1.82) is 0 Å². The number of ether oxygens (including phenoxy) is 4. The molecule has 5 rings (SSSR count). The van der Waals surface area contributed by atoms with Crippen LogP contribution in [0.1, 0.15) is 26.3 Å². The number of nitrogens with zero attached hydrogens (tertiary/aromatic N) is 6. The summed E-state index contributed by atoms with van der Waals surface area (Å²) in [5, 5.41) is 20.9. The molecule has 2 saturated heterocycles. The standard InChI is InChI=1S/C22H32N9O12P/c1-3-38-14-12(33)10(42-18(14)31-8-26-20(23)29-22(31)35)6-40-44(36,37)43-13-9(5-32)41-19(15(13)39-4-2)30-7-25-11-16(30)27-21(24)28-17(11)34/h7-10,12-15,18-19,32-33H,3-6H2,1-2H3,(H,36,37)(H2,23,29,35)(H3,24,27,28,34)/t9-,10-,12+,13+,14+,15+,18-,19-/m1/s1. The number of phosphoric acid groups is 1. The minimum Gasteiger partial charge on any atom is -0.394 e. The summed E-state index contributed by atoms with van der Waals surface area (Å²) in [4.78, 5) is 53.1. The molecule has 2 aliphatic rings. The molecule has 2 aliphatic heterocycles. The van der Waals surface area contributed by atoms with Crippen LogP contribution in [0, 0.1) is 0 Å². The Hall–Kier alpha value is -3.37. The molecule has 9 atom stereocenters. The summed E-state index contributed by atoms with van der Waals surface area (Å²) in [6.45, 7) is 2.20. The van der Waals surface area contributed by atoms with Crippen LogP contribution in [0.15, 0.2) is 22.2 Å². The van der Waals surface area contributed by atoms with Gasteiger partial charge in [0.15, 0.2) is 23.6 Å². The van der Waals surface area contributed by atoms with E-state index in [-0.39, 0.29) is 36.3 Å². The third kappa shape index (κ3) is 6.24. The van der Waals surface area contributed by atoms with E-state index in [4.69, 9.17) is 39.5 Å². The molecule has 3 aromatic heterocycles. The first-order valence-corrected chi connectivity index (χ1v) is 14.9. The Bertz CT molecular complexity index is 1630. The zero-order chi connectivity index (χ0) is 31.8. The highest BCUT2D eigenvalue weighted by Crippen LogP contribution is 2.50. The third-order valence-electron chi connectivity index (χ3n) is 6.90. The predicted molar refractivity (Wildman–Crippen MR) is 146 cm³/mol. The number of aliphatic hydroxyl groups excluding tert-OH is 2. The van der Waals surface area contributed by atoms with Gasteiger partial charge in [-0.1, -0.05) is 0 Å². The van der Waals surface area contributed by atoms with E-state index in [1.807, 2.05) is 0 Å².